The normalized spacial score (nSPS) is 13.3. The Bertz CT molecular complexity index is 1300. The van der Waals surface area contributed by atoms with Crippen molar-refractivity contribution in [3.63, 3.8) is 0 Å². The Kier molecular flexibility index (Phi) is 9.19. The van der Waals surface area contributed by atoms with E-state index >= 15 is 0 Å². The molecule has 1 fully saturated rings. The van der Waals surface area contributed by atoms with Gasteiger partial charge in [-0.2, -0.15) is 13.2 Å². The van der Waals surface area contributed by atoms with Crippen LogP contribution in [0.5, 0.6) is 0 Å². The second kappa shape index (κ2) is 12.3. The topological polar surface area (TPSA) is 110 Å². The number of carboxylic acid groups (broad SMARTS) is 2. The largest absolute Gasteiger partial charge is 0.490 e. The zero-order valence-corrected chi connectivity index (χ0v) is 20.5. The molecule has 4 rings (SSSR count). The summed E-state index contributed by atoms with van der Waals surface area (Å²) < 4.78 is 31.7. The van der Waals surface area contributed by atoms with Crippen LogP contribution in [0.25, 0.3) is 0 Å². The van der Waals surface area contributed by atoms with Crippen molar-refractivity contribution < 1.29 is 37.8 Å². The second-order valence-corrected chi connectivity index (χ2v) is 8.49. The fourth-order valence-corrected chi connectivity index (χ4v) is 4.01. The van der Waals surface area contributed by atoms with Crippen LogP contribution in [0.15, 0.2) is 72.8 Å². The highest BCUT2D eigenvalue weighted by molar-refractivity contribution is 6.33. The number of aromatic carboxylic acids is 1. The fourth-order valence-electron chi connectivity index (χ4n) is 3.75. The molecular weight excluding hydrogens is 527 g/mol. The molecule has 1 aliphatic heterocycles. The summed E-state index contributed by atoms with van der Waals surface area (Å²) in [5.41, 5.74) is 2.76. The van der Waals surface area contributed by atoms with Gasteiger partial charge in [-0.05, 0) is 42.5 Å². The van der Waals surface area contributed by atoms with Gasteiger partial charge in [-0.25, -0.2) is 9.59 Å². The lowest BCUT2D eigenvalue weighted by molar-refractivity contribution is -0.192. The first-order chi connectivity index (χ1) is 18.0. The van der Waals surface area contributed by atoms with Crippen molar-refractivity contribution in [1.29, 1.82) is 0 Å². The molecule has 3 N–H and O–H groups in total. The number of benzene rings is 3. The average Bonchev–Trinajstić information content (AvgIpc) is 2.89. The van der Waals surface area contributed by atoms with E-state index in [-0.39, 0.29) is 11.5 Å². The maximum atomic E-state index is 12.4. The predicted octanol–water partition coefficient (Wildman–Crippen LogP) is 5.25. The minimum absolute atomic E-state index is 0.164. The number of carboxylic acids is 2. The maximum absolute atomic E-state index is 12.4. The van der Waals surface area contributed by atoms with Crippen molar-refractivity contribution in [1.82, 2.24) is 0 Å². The number of piperazine rings is 1. The van der Waals surface area contributed by atoms with Crippen LogP contribution in [0.3, 0.4) is 0 Å². The summed E-state index contributed by atoms with van der Waals surface area (Å²) in [4.78, 5) is 37.5. The minimum atomic E-state index is -5.08. The van der Waals surface area contributed by atoms with Gasteiger partial charge in [0.15, 0.2) is 0 Å². The average molecular weight is 550 g/mol. The molecular formula is C26H23ClF3N3O5. The molecule has 1 saturated heterocycles. The van der Waals surface area contributed by atoms with Crippen LogP contribution in [-0.4, -0.2) is 60.4 Å². The van der Waals surface area contributed by atoms with Gasteiger partial charge in [0, 0.05) is 37.4 Å². The number of para-hydroxylation sites is 1. The third kappa shape index (κ3) is 7.39. The van der Waals surface area contributed by atoms with Crippen molar-refractivity contribution in [2.45, 2.75) is 6.18 Å². The Hall–Kier alpha value is -4.25. The molecule has 3 aromatic rings. The number of hydrogen-bond acceptors (Lipinski definition) is 5. The summed E-state index contributed by atoms with van der Waals surface area (Å²) in [6, 6.07) is 21.5. The highest BCUT2D eigenvalue weighted by Gasteiger charge is 2.38. The van der Waals surface area contributed by atoms with E-state index in [0.29, 0.717) is 35.1 Å². The van der Waals surface area contributed by atoms with Gasteiger partial charge in [0.1, 0.15) is 0 Å². The highest BCUT2D eigenvalue weighted by Crippen LogP contribution is 2.29. The van der Waals surface area contributed by atoms with Crippen LogP contribution in [0, 0.1) is 0 Å². The molecule has 0 radical (unpaired) electrons. The number of rotatable bonds is 5. The maximum Gasteiger partial charge on any atom is 0.490 e. The first kappa shape index (κ1) is 28.3. The number of hydrogen-bond donors (Lipinski definition) is 3. The van der Waals surface area contributed by atoms with E-state index in [1.807, 2.05) is 30.3 Å². The SMILES string of the molecule is O=C(Nc1ccc(N2CCN(c3ccccc3Cl)CC2)c(C(=O)O)c1)c1ccccc1.O=C(O)C(F)(F)F. The predicted molar refractivity (Wildman–Crippen MR) is 137 cm³/mol. The van der Waals surface area contributed by atoms with Crippen LogP contribution in [0.4, 0.5) is 30.2 Å². The molecule has 0 bridgehead atoms. The van der Waals surface area contributed by atoms with Crippen LogP contribution in [0.1, 0.15) is 20.7 Å². The van der Waals surface area contributed by atoms with Gasteiger partial charge in [-0.3, -0.25) is 4.79 Å². The highest BCUT2D eigenvalue weighted by atomic mass is 35.5. The molecule has 0 unspecified atom stereocenters. The third-order valence-electron chi connectivity index (χ3n) is 5.58. The van der Waals surface area contributed by atoms with Crippen LogP contribution < -0.4 is 15.1 Å². The van der Waals surface area contributed by atoms with Gasteiger partial charge in [-0.15, -0.1) is 0 Å². The molecule has 0 aliphatic carbocycles. The Labute approximate surface area is 220 Å². The molecule has 1 aliphatic rings. The van der Waals surface area contributed by atoms with E-state index in [2.05, 4.69) is 15.1 Å². The van der Waals surface area contributed by atoms with Gasteiger partial charge in [0.2, 0.25) is 0 Å². The van der Waals surface area contributed by atoms with Crippen molar-refractivity contribution in [2.75, 3.05) is 41.3 Å². The van der Waals surface area contributed by atoms with Crippen molar-refractivity contribution in [3.05, 3.63) is 88.9 Å². The molecule has 0 saturated carbocycles. The molecule has 3 aromatic carbocycles. The number of halogens is 4. The number of nitrogens with one attached hydrogen (secondary N) is 1. The van der Waals surface area contributed by atoms with Gasteiger partial charge >= 0.3 is 18.1 Å². The summed E-state index contributed by atoms with van der Waals surface area (Å²) in [7, 11) is 0. The molecule has 8 nitrogen and oxygen atoms in total. The first-order valence-corrected chi connectivity index (χ1v) is 11.6. The summed E-state index contributed by atoms with van der Waals surface area (Å²) in [6.07, 6.45) is -5.08. The lowest BCUT2D eigenvalue weighted by Crippen LogP contribution is -2.47. The monoisotopic (exact) mass is 549 g/mol. The van der Waals surface area contributed by atoms with E-state index in [4.69, 9.17) is 21.5 Å². The summed E-state index contributed by atoms with van der Waals surface area (Å²) >= 11 is 6.31. The van der Waals surface area contributed by atoms with E-state index < -0.39 is 18.1 Å². The number of alkyl halides is 3. The molecule has 200 valence electrons. The molecule has 0 spiro atoms. The van der Waals surface area contributed by atoms with Crippen LogP contribution in [0.2, 0.25) is 5.02 Å². The molecule has 0 aromatic heterocycles. The summed E-state index contributed by atoms with van der Waals surface area (Å²) in [6.45, 7) is 2.80. The second-order valence-electron chi connectivity index (χ2n) is 8.09. The van der Waals surface area contributed by atoms with Crippen molar-refractivity contribution >= 4 is 46.5 Å². The Balaban J connectivity index is 0.000000505. The molecule has 1 amide bonds. The number of amides is 1. The zero-order valence-electron chi connectivity index (χ0n) is 19.8. The van der Waals surface area contributed by atoms with Gasteiger partial charge in [-0.1, -0.05) is 41.9 Å². The summed E-state index contributed by atoms with van der Waals surface area (Å²) in [5, 5.41) is 20.4. The Morgan fingerprint density at radius 1 is 0.789 bits per heavy atom. The lowest BCUT2D eigenvalue weighted by Gasteiger charge is -2.38. The number of nitrogens with zero attached hydrogens (tertiary/aromatic N) is 2. The van der Waals surface area contributed by atoms with Crippen LogP contribution >= 0.6 is 11.6 Å². The van der Waals surface area contributed by atoms with E-state index in [9.17, 15) is 27.9 Å². The minimum Gasteiger partial charge on any atom is -0.478 e. The lowest BCUT2D eigenvalue weighted by atomic mass is 10.1. The molecule has 38 heavy (non-hydrogen) atoms. The van der Waals surface area contributed by atoms with E-state index in [1.54, 1.807) is 36.4 Å². The standard InChI is InChI=1S/C24H22ClN3O3.C2HF3O2/c25-20-8-4-5-9-22(20)28-14-12-27(13-15-28)21-11-10-18(16-19(21)24(30)31)26-23(29)17-6-2-1-3-7-17;3-2(4,5)1(6)7/h1-11,16H,12-15H2,(H,26,29)(H,30,31);(H,6,7). The molecule has 12 heteroatoms. The number of anilines is 3. The molecule has 1 heterocycles. The zero-order chi connectivity index (χ0) is 27.9. The Morgan fingerprint density at radius 3 is 1.84 bits per heavy atom. The van der Waals surface area contributed by atoms with Crippen LogP contribution in [-0.2, 0) is 4.79 Å². The smallest absolute Gasteiger partial charge is 0.478 e. The number of carbonyl (C=O) groups excluding carboxylic acids is 1. The first-order valence-electron chi connectivity index (χ1n) is 11.3. The van der Waals surface area contributed by atoms with E-state index in [1.165, 1.54) is 6.07 Å². The van der Waals surface area contributed by atoms with Crippen molar-refractivity contribution in [2.24, 2.45) is 0 Å². The van der Waals surface area contributed by atoms with Gasteiger partial charge in [0.05, 0.1) is 22.0 Å². The number of carbonyl (C=O) groups is 3. The van der Waals surface area contributed by atoms with E-state index in [0.717, 1.165) is 18.8 Å². The quantitative estimate of drug-likeness (QED) is 0.399. The number of aliphatic carboxylic acids is 1. The Morgan fingerprint density at radius 2 is 1.32 bits per heavy atom. The van der Waals surface area contributed by atoms with Gasteiger partial charge in [0.25, 0.3) is 5.91 Å². The van der Waals surface area contributed by atoms with Gasteiger partial charge < -0.3 is 25.3 Å². The molecule has 0 atom stereocenters. The fraction of sp³-hybridized carbons (Fsp3) is 0.192. The third-order valence-corrected chi connectivity index (χ3v) is 5.90. The summed E-state index contributed by atoms with van der Waals surface area (Å²) in [5.74, 6) is -4.06. The van der Waals surface area contributed by atoms with Crippen molar-refractivity contribution in [3.8, 4) is 0 Å².